The number of benzene rings is 1. The smallest absolute Gasteiger partial charge is 0.125 e. The van der Waals surface area contributed by atoms with Crippen LogP contribution in [-0.2, 0) is 0 Å². The van der Waals surface area contributed by atoms with Crippen LogP contribution in [0.3, 0.4) is 0 Å². The Morgan fingerprint density at radius 3 is 2.55 bits per heavy atom. The van der Waals surface area contributed by atoms with Crippen molar-refractivity contribution < 1.29 is 9.84 Å². The van der Waals surface area contributed by atoms with Crippen molar-refractivity contribution in [1.29, 1.82) is 0 Å². The SMILES string of the molecule is CC(C)N1CCN(C2COc3ccccc3C2O)CC1. The highest BCUT2D eigenvalue weighted by Gasteiger charge is 2.35. The van der Waals surface area contributed by atoms with E-state index in [1.54, 1.807) is 0 Å². The van der Waals surface area contributed by atoms with E-state index in [1.807, 2.05) is 24.3 Å². The van der Waals surface area contributed by atoms with Crippen molar-refractivity contribution in [3.05, 3.63) is 29.8 Å². The van der Waals surface area contributed by atoms with Crippen molar-refractivity contribution in [2.45, 2.75) is 32.0 Å². The number of nitrogens with zero attached hydrogens (tertiary/aromatic N) is 2. The molecule has 2 atom stereocenters. The highest BCUT2D eigenvalue weighted by molar-refractivity contribution is 5.37. The second-order valence-electron chi connectivity index (χ2n) is 6.03. The van der Waals surface area contributed by atoms with Crippen LogP contribution in [0.1, 0.15) is 25.5 Å². The van der Waals surface area contributed by atoms with Gasteiger partial charge in [-0.05, 0) is 19.9 Å². The summed E-state index contributed by atoms with van der Waals surface area (Å²) in [6.45, 7) is 9.22. The molecule has 0 radical (unpaired) electrons. The van der Waals surface area contributed by atoms with Gasteiger partial charge in [0.15, 0.2) is 0 Å². The third kappa shape index (κ3) is 2.55. The molecule has 4 heteroatoms. The van der Waals surface area contributed by atoms with E-state index in [0.29, 0.717) is 12.6 Å². The molecule has 1 aromatic rings. The van der Waals surface area contributed by atoms with Crippen LogP contribution in [0.5, 0.6) is 5.75 Å². The highest BCUT2D eigenvalue weighted by atomic mass is 16.5. The molecule has 110 valence electrons. The van der Waals surface area contributed by atoms with Gasteiger partial charge in [-0.25, -0.2) is 0 Å². The first kappa shape index (κ1) is 13.9. The van der Waals surface area contributed by atoms with Gasteiger partial charge < -0.3 is 9.84 Å². The maximum Gasteiger partial charge on any atom is 0.125 e. The fourth-order valence-electron chi connectivity index (χ4n) is 3.22. The highest BCUT2D eigenvalue weighted by Crippen LogP contribution is 2.34. The first-order valence-corrected chi connectivity index (χ1v) is 7.54. The fourth-order valence-corrected chi connectivity index (χ4v) is 3.22. The van der Waals surface area contributed by atoms with E-state index in [-0.39, 0.29) is 6.04 Å². The Bertz CT molecular complexity index is 456. The van der Waals surface area contributed by atoms with E-state index in [2.05, 4.69) is 23.6 Å². The fraction of sp³-hybridized carbons (Fsp3) is 0.625. The van der Waals surface area contributed by atoms with Crippen LogP contribution in [0.4, 0.5) is 0 Å². The van der Waals surface area contributed by atoms with Crippen molar-refractivity contribution in [2.75, 3.05) is 32.8 Å². The average molecular weight is 276 g/mol. The van der Waals surface area contributed by atoms with Crippen molar-refractivity contribution in [2.24, 2.45) is 0 Å². The van der Waals surface area contributed by atoms with Gasteiger partial charge in [-0.3, -0.25) is 9.80 Å². The summed E-state index contributed by atoms with van der Waals surface area (Å²) in [6.07, 6.45) is -0.439. The molecule has 0 aliphatic carbocycles. The Morgan fingerprint density at radius 1 is 1.15 bits per heavy atom. The number of piperazine rings is 1. The van der Waals surface area contributed by atoms with E-state index in [9.17, 15) is 5.11 Å². The normalized spacial score (nSPS) is 28.2. The molecule has 1 N–H and O–H groups in total. The molecule has 3 rings (SSSR count). The van der Waals surface area contributed by atoms with Crippen LogP contribution in [0.15, 0.2) is 24.3 Å². The molecule has 1 fully saturated rings. The molecule has 0 amide bonds. The average Bonchev–Trinajstić information content (AvgIpc) is 2.48. The van der Waals surface area contributed by atoms with Gasteiger partial charge in [-0.15, -0.1) is 0 Å². The summed E-state index contributed by atoms with van der Waals surface area (Å²) in [6, 6.07) is 8.50. The Balaban J connectivity index is 1.68. The molecule has 0 saturated carbocycles. The van der Waals surface area contributed by atoms with Gasteiger partial charge in [0, 0.05) is 37.8 Å². The maximum atomic E-state index is 10.6. The predicted octanol–water partition coefficient (Wildman–Crippen LogP) is 1.51. The number of para-hydroxylation sites is 1. The van der Waals surface area contributed by atoms with Gasteiger partial charge in [0.1, 0.15) is 18.5 Å². The first-order chi connectivity index (χ1) is 9.66. The minimum atomic E-state index is -0.439. The zero-order valence-electron chi connectivity index (χ0n) is 12.3. The molecular formula is C16H24N2O2. The van der Waals surface area contributed by atoms with E-state index in [1.165, 1.54) is 0 Å². The van der Waals surface area contributed by atoms with Crippen molar-refractivity contribution in [3.8, 4) is 5.75 Å². The van der Waals surface area contributed by atoms with E-state index >= 15 is 0 Å². The van der Waals surface area contributed by atoms with Crippen molar-refractivity contribution >= 4 is 0 Å². The van der Waals surface area contributed by atoms with Crippen LogP contribution >= 0.6 is 0 Å². The lowest BCUT2D eigenvalue weighted by Crippen LogP contribution is -2.55. The summed E-state index contributed by atoms with van der Waals surface area (Å²) in [5, 5.41) is 10.6. The number of fused-ring (bicyclic) bond motifs is 1. The zero-order valence-corrected chi connectivity index (χ0v) is 12.3. The Hall–Kier alpha value is -1.10. The van der Waals surface area contributed by atoms with Gasteiger partial charge in [0.05, 0.1) is 6.04 Å². The Morgan fingerprint density at radius 2 is 1.85 bits per heavy atom. The number of hydrogen-bond acceptors (Lipinski definition) is 4. The maximum absolute atomic E-state index is 10.6. The van der Waals surface area contributed by atoms with Crippen LogP contribution in [-0.4, -0.2) is 59.8 Å². The second-order valence-corrected chi connectivity index (χ2v) is 6.03. The summed E-state index contributed by atoms with van der Waals surface area (Å²) in [5.74, 6) is 0.831. The Labute approximate surface area is 120 Å². The molecule has 2 aliphatic heterocycles. The molecule has 0 bridgehead atoms. The van der Waals surface area contributed by atoms with Crippen molar-refractivity contribution in [3.63, 3.8) is 0 Å². The molecule has 4 nitrogen and oxygen atoms in total. The quantitative estimate of drug-likeness (QED) is 0.888. The van der Waals surface area contributed by atoms with Gasteiger partial charge in [0.25, 0.3) is 0 Å². The Kier molecular flexibility index (Phi) is 3.96. The van der Waals surface area contributed by atoms with Gasteiger partial charge in [0.2, 0.25) is 0 Å². The molecule has 1 aromatic carbocycles. The summed E-state index contributed by atoms with van der Waals surface area (Å²) in [7, 11) is 0. The second kappa shape index (κ2) is 5.72. The van der Waals surface area contributed by atoms with Gasteiger partial charge in [-0.2, -0.15) is 0 Å². The number of hydrogen-bond donors (Lipinski definition) is 1. The van der Waals surface area contributed by atoms with Crippen LogP contribution < -0.4 is 4.74 Å². The summed E-state index contributed by atoms with van der Waals surface area (Å²) in [5.41, 5.74) is 0.926. The predicted molar refractivity (Wildman–Crippen MR) is 79.0 cm³/mol. The number of aliphatic hydroxyl groups is 1. The van der Waals surface area contributed by atoms with Gasteiger partial charge >= 0.3 is 0 Å². The van der Waals surface area contributed by atoms with Crippen LogP contribution in [0.2, 0.25) is 0 Å². The zero-order chi connectivity index (χ0) is 14.1. The standard InChI is InChI=1S/C16H24N2O2/c1-12(2)17-7-9-18(10-8-17)14-11-20-15-6-4-3-5-13(15)16(14)19/h3-6,12,14,16,19H,7-11H2,1-2H3. The lowest BCUT2D eigenvalue weighted by atomic mass is 9.97. The van der Waals surface area contributed by atoms with E-state index in [0.717, 1.165) is 37.5 Å². The lowest BCUT2D eigenvalue weighted by molar-refractivity contribution is -0.0210. The summed E-state index contributed by atoms with van der Waals surface area (Å²) >= 11 is 0. The van der Waals surface area contributed by atoms with Gasteiger partial charge in [-0.1, -0.05) is 18.2 Å². The summed E-state index contributed by atoms with van der Waals surface area (Å²) < 4.78 is 5.82. The summed E-state index contributed by atoms with van der Waals surface area (Å²) in [4.78, 5) is 4.86. The van der Waals surface area contributed by atoms with E-state index in [4.69, 9.17) is 4.74 Å². The minimum Gasteiger partial charge on any atom is -0.491 e. The first-order valence-electron chi connectivity index (χ1n) is 7.54. The molecule has 0 aromatic heterocycles. The molecule has 2 heterocycles. The molecular weight excluding hydrogens is 252 g/mol. The largest absolute Gasteiger partial charge is 0.491 e. The minimum absolute atomic E-state index is 0.0826. The number of ether oxygens (including phenoxy) is 1. The van der Waals surface area contributed by atoms with Crippen LogP contribution in [0.25, 0.3) is 0 Å². The third-order valence-corrected chi connectivity index (χ3v) is 4.56. The monoisotopic (exact) mass is 276 g/mol. The molecule has 1 saturated heterocycles. The molecule has 20 heavy (non-hydrogen) atoms. The van der Waals surface area contributed by atoms with Crippen molar-refractivity contribution in [1.82, 2.24) is 9.80 Å². The van der Waals surface area contributed by atoms with Crippen LogP contribution in [0, 0.1) is 0 Å². The third-order valence-electron chi connectivity index (χ3n) is 4.56. The number of aliphatic hydroxyl groups excluding tert-OH is 1. The van der Waals surface area contributed by atoms with E-state index < -0.39 is 6.10 Å². The molecule has 0 spiro atoms. The molecule has 2 unspecified atom stereocenters. The topological polar surface area (TPSA) is 35.9 Å². The molecule has 2 aliphatic rings. The number of rotatable bonds is 2. The lowest BCUT2D eigenvalue weighted by Gasteiger charge is -2.43.